The minimum absolute atomic E-state index is 0.244. The molecule has 24 heavy (non-hydrogen) atoms. The number of hydrogen-bond acceptors (Lipinski definition) is 5. The summed E-state index contributed by atoms with van der Waals surface area (Å²) in [7, 11) is 1.68. The van der Waals surface area contributed by atoms with Gasteiger partial charge in [0.25, 0.3) is 0 Å². The fourth-order valence-corrected chi connectivity index (χ4v) is 2.13. The molecule has 0 aliphatic heterocycles. The molecule has 0 aliphatic rings. The maximum absolute atomic E-state index is 12.1. The van der Waals surface area contributed by atoms with Crippen LogP contribution in [0.5, 0.6) is 0 Å². The summed E-state index contributed by atoms with van der Waals surface area (Å²) in [4.78, 5) is 17.9. The van der Waals surface area contributed by atoms with E-state index in [-0.39, 0.29) is 12.1 Å². The molecule has 130 valence electrons. The number of urea groups is 1. The molecular formula is C17H24N4O3. The molecule has 0 saturated heterocycles. The molecule has 2 unspecified atom stereocenters. The Kier molecular flexibility index (Phi) is 6.31. The van der Waals surface area contributed by atoms with Crippen molar-refractivity contribution in [3.8, 4) is 0 Å². The van der Waals surface area contributed by atoms with E-state index in [0.29, 0.717) is 31.1 Å². The molecule has 2 rings (SSSR count). The summed E-state index contributed by atoms with van der Waals surface area (Å²) >= 11 is 0. The topological polar surface area (TPSA) is 91.5 Å². The van der Waals surface area contributed by atoms with E-state index in [4.69, 9.17) is 4.52 Å². The zero-order valence-corrected chi connectivity index (χ0v) is 14.3. The first-order chi connectivity index (χ1) is 11.5. The molecule has 0 spiro atoms. The average Bonchev–Trinajstić information content (AvgIpc) is 3.02. The molecule has 1 heterocycles. The Balaban J connectivity index is 1.88. The third-order valence-corrected chi connectivity index (χ3v) is 3.63. The van der Waals surface area contributed by atoms with Gasteiger partial charge in [-0.05, 0) is 25.8 Å². The second kappa shape index (κ2) is 8.44. The van der Waals surface area contributed by atoms with Crippen molar-refractivity contribution in [2.75, 3.05) is 13.6 Å². The number of aliphatic hydroxyl groups is 1. The van der Waals surface area contributed by atoms with Crippen LogP contribution in [-0.4, -0.2) is 45.9 Å². The highest BCUT2D eigenvalue weighted by Gasteiger charge is 2.19. The first kappa shape index (κ1) is 17.9. The van der Waals surface area contributed by atoms with Gasteiger partial charge in [-0.3, -0.25) is 0 Å². The highest BCUT2D eigenvalue weighted by Crippen LogP contribution is 2.12. The number of hydrogen-bond donors (Lipinski definition) is 2. The summed E-state index contributed by atoms with van der Waals surface area (Å²) in [6, 6.07) is 9.24. The zero-order valence-electron chi connectivity index (χ0n) is 14.3. The summed E-state index contributed by atoms with van der Waals surface area (Å²) in [5.74, 6) is 0.956. The van der Waals surface area contributed by atoms with Crippen LogP contribution in [0, 0.1) is 0 Å². The third kappa shape index (κ3) is 5.34. The molecule has 7 nitrogen and oxygen atoms in total. The Morgan fingerprint density at radius 2 is 2.04 bits per heavy atom. The highest BCUT2D eigenvalue weighted by molar-refractivity contribution is 5.74. The molecule has 2 N–H and O–H groups in total. The fourth-order valence-electron chi connectivity index (χ4n) is 2.13. The SMILES string of the molecule is CC(O)CCN(C)C(=O)NC(C)c1nc(Cc2ccccc2)no1. The molecule has 0 radical (unpaired) electrons. The van der Waals surface area contributed by atoms with E-state index >= 15 is 0 Å². The lowest BCUT2D eigenvalue weighted by molar-refractivity contribution is 0.161. The third-order valence-electron chi connectivity index (χ3n) is 3.63. The van der Waals surface area contributed by atoms with Gasteiger partial charge in [0.2, 0.25) is 5.89 Å². The number of nitrogens with zero attached hydrogens (tertiary/aromatic N) is 3. The number of rotatable bonds is 7. The van der Waals surface area contributed by atoms with Gasteiger partial charge >= 0.3 is 6.03 Å². The Labute approximate surface area is 141 Å². The maximum atomic E-state index is 12.1. The first-order valence-electron chi connectivity index (χ1n) is 8.01. The molecule has 0 aliphatic carbocycles. The number of carbonyl (C=O) groups is 1. The van der Waals surface area contributed by atoms with E-state index < -0.39 is 6.10 Å². The van der Waals surface area contributed by atoms with Crippen LogP contribution in [0.4, 0.5) is 4.79 Å². The Hall–Kier alpha value is -2.41. The molecule has 0 bridgehead atoms. The number of nitrogens with one attached hydrogen (secondary N) is 1. The lowest BCUT2D eigenvalue weighted by Gasteiger charge is -2.20. The average molecular weight is 332 g/mol. The summed E-state index contributed by atoms with van der Waals surface area (Å²) in [6.07, 6.45) is 0.675. The normalized spacial score (nSPS) is 13.3. The van der Waals surface area contributed by atoms with Gasteiger partial charge in [0.05, 0.1) is 6.10 Å². The maximum Gasteiger partial charge on any atom is 0.317 e. The van der Waals surface area contributed by atoms with Crippen LogP contribution in [0.3, 0.4) is 0 Å². The van der Waals surface area contributed by atoms with E-state index in [1.54, 1.807) is 20.9 Å². The molecule has 2 amide bonds. The zero-order chi connectivity index (χ0) is 17.5. The largest absolute Gasteiger partial charge is 0.393 e. The van der Waals surface area contributed by atoms with Crippen molar-refractivity contribution < 1.29 is 14.4 Å². The fraction of sp³-hybridized carbons (Fsp3) is 0.471. The van der Waals surface area contributed by atoms with Crippen molar-refractivity contribution in [1.82, 2.24) is 20.4 Å². The summed E-state index contributed by atoms with van der Waals surface area (Å²) < 4.78 is 5.24. The summed E-state index contributed by atoms with van der Waals surface area (Å²) in [5.41, 5.74) is 1.10. The Morgan fingerprint density at radius 3 is 2.71 bits per heavy atom. The van der Waals surface area contributed by atoms with E-state index in [9.17, 15) is 9.90 Å². The van der Waals surface area contributed by atoms with Crippen molar-refractivity contribution in [2.45, 2.75) is 38.8 Å². The van der Waals surface area contributed by atoms with Gasteiger partial charge in [-0.25, -0.2) is 4.79 Å². The molecule has 1 aromatic carbocycles. The molecule has 2 aromatic rings. The second-order valence-corrected chi connectivity index (χ2v) is 5.94. The van der Waals surface area contributed by atoms with Crippen LogP contribution >= 0.6 is 0 Å². The van der Waals surface area contributed by atoms with Crippen molar-refractivity contribution >= 4 is 6.03 Å². The van der Waals surface area contributed by atoms with Gasteiger partial charge < -0.3 is 19.8 Å². The number of aliphatic hydroxyl groups excluding tert-OH is 1. The van der Waals surface area contributed by atoms with E-state index in [0.717, 1.165) is 5.56 Å². The van der Waals surface area contributed by atoms with E-state index in [2.05, 4.69) is 15.5 Å². The van der Waals surface area contributed by atoms with Gasteiger partial charge in [-0.15, -0.1) is 0 Å². The van der Waals surface area contributed by atoms with E-state index in [1.807, 2.05) is 30.3 Å². The van der Waals surface area contributed by atoms with Crippen LogP contribution in [0.1, 0.15) is 43.6 Å². The quantitative estimate of drug-likeness (QED) is 0.810. The smallest absolute Gasteiger partial charge is 0.317 e. The van der Waals surface area contributed by atoms with Gasteiger partial charge in [0.1, 0.15) is 6.04 Å². The van der Waals surface area contributed by atoms with Crippen LogP contribution < -0.4 is 5.32 Å². The van der Waals surface area contributed by atoms with Gasteiger partial charge in [-0.2, -0.15) is 4.98 Å². The monoisotopic (exact) mass is 332 g/mol. The van der Waals surface area contributed by atoms with Crippen molar-refractivity contribution in [1.29, 1.82) is 0 Å². The van der Waals surface area contributed by atoms with Crippen LogP contribution in [-0.2, 0) is 6.42 Å². The highest BCUT2D eigenvalue weighted by atomic mass is 16.5. The molecule has 1 aromatic heterocycles. The molecule has 7 heteroatoms. The minimum atomic E-state index is -0.436. The predicted molar refractivity (Wildman–Crippen MR) is 89.4 cm³/mol. The molecule has 0 saturated carbocycles. The van der Waals surface area contributed by atoms with E-state index in [1.165, 1.54) is 4.90 Å². The standard InChI is InChI=1S/C17H24N4O3/c1-12(22)9-10-21(3)17(23)18-13(2)16-19-15(20-24-16)11-14-7-5-4-6-8-14/h4-8,12-13,22H,9-11H2,1-3H3,(H,18,23). The Bertz CT molecular complexity index is 642. The molecule has 2 atom stereocenters. The van der Waals surface area contributed by atoms with Gasteiger partial charge in [0.15, 0.2) is 5.82 Å². The van der Waals surface area contributed by atoms with Crippen LogP contribution in [0.25, 0.3) is 0 Å². The summed E-state index contributed by atoms with van der Waals surface area (Å²) in [6.45, 7) is 3.96. The number of aromatic nitrogens is 2. The predicted octanol–water partition coefficient (Wildman–Crippen LogP) is 2.13. The first-order valence-corrected chi connectivity index (χ1v) is 8.01. The number of amides is 2. The van der Waals surface area contributed by atoms with Crippen LogP contribution in [0.15, 0.2) is 34.9 Å². The summed E-state index contributed by atoms with van der Waals surface area (Å²) in [5, 5.41) is 16.0. The lowest BCUT2D eigenvalue weighted by Crippen LogP contribution is -2.39. The van der Waals surface area contributed by atoms with Crippen molar-refractivity contribution in [3.05, 3.63) is 47.6 Å². The van der Waals surface area contributed by atoms with Crippen molar-refractivity contribution in [3.63, 3.8) is 0 Å². The number of benzene rings is 1. The lowest BCUT2D eigenvalue weighted by atomic mass is 10.1. The number of carbonyl (C=O) groups excluding carboxylic acids is 1. The molecule has 0 fully saturated rings. The van der Waals surface area contributed by atoms with Gasteiger partial charge in [-0.1, -0.05) is 35.5 Å². The van der Waals surface area contributed by atoms with Crippen LogP contribution in [0.2, 0.25) is 0 Å². The minimum Gasteiger partial charge on any atom is -0.393 e. The van der Waals surface area contributed by atoms with Crippen molar-refractivity contribution in [2.24, 2.45) is 0 Å². The van der Waals surface area contributed by atoms with Gasteiger partial charge in [0, 0.05) is 20.0 Å². The Morgan fingerprint density at radius 1 is 1.33 bits per heavy atom. The second-order valence-electron chi connectivity index (χ2n) is 5.94. The molecular weight excluding hydrogens is 308 g/mol.